The van der Waals surface area contributed by atoms with Gasteiger partial charge in [-0.25, -0.2) is 0 Å². The first-order chi connectivity index (χ1) is 20.9. The molecule has 43 heavy (non-hydrogen) atoms. The Bertz CT molecular complexity index is 1500. The molecule has 1 fully saturated rings. The van der Waals surface area contributed by atoms with Crippen molar-refractivity contribution in [3.63, 3.8) is 0 Å². The van der Waals surface area contributed by atoms with Gasteiger partial charge >= 0.3 is 0 Å². The number of rotatable bonds is 3. The lowest BCUT2D eigenvalue weighted by Gasteiger charge is -2.40. The molecule has 6 heterocycles. The largest absolute Gasteiger partial charge is 0.490 e. The zero-order valence-corrected chi connectivity index (χ0v) is 24.6. The molecular weight excluding hydrogens is 570 g/mol. The molecule has 11 heteroatoms. The third-order valence-corrected chi connectivity index (χ3v) is 8.71. The second-order valence-corrected chi connectivity index (χ2v) is 11.9. The number of nitrogens with zero attached hydrogens (tertiary/aromatic N) is 4. The van der Waals surface area contributed by atoms with Crippen LogP contribution in [0.5, 0.6) is 11.5 Å². The van der Waals surface area contributed by atoms with E-state index in [2.05, 4.69) is 15.3 Å². The Kier molecular flexibility index (Phi) is 8.47. The van der Waals surface area contributed by atoms with Gasteiger partial charge in [0.1, 0.15) is 0 Å². The summed E-state index contributed by atoms with van der Waals surface area (Å²) in [7, 11) is 0. The quantitative estimate of drug-likeness (QED) is 0.487. The Morgan fingerprint density at radius 1 is 1.05 bits per heavy atom. The van der Waals surface area contributed by atoms with Crippen molar-refractivity contribution in [2.24, 2.45) is 5.41 Å². The first-order valence-corrected chi connectivity index (χ1v) is 15.0. The molecular formula is C32H34ClN5O5. The molecule has 10 nitrogen and oxygen atoms in total. The summed E-state index contributed by atoms with van der Waals surface area (Å²) in [6.07, 6.45) is 8.00. The predicted octanol–water partition coefficient (Wildman–Crippen LogP) is 3.50. The highest BCUT2D eigenvalue weighted by Crippen LogP contribution is 2.52. The van der Waals surface area contributed by atoms with Crippen molar-refractivity contribution >= 4 is 29.3 Å². The fourth-order valence-electron chi connectivity index (χ4n) is 6.30. The standard InChI is InChI=1S/C32H34ClN5O5/c33-24-14-23(16-35-17-24)31(41)37-10-3-8-28(39)36-19-32-20-38(29(40)13-22-5-2-9-34-15-22)18-26(32)25-6-1-7-27(30(25)43-21-32)42-12-4-11-37/h1-2,5-7,9,14-17,26H,3-4,8,10-13,18-21H2,(H,36,39)/t26-,32+/m0/s1. The summed E-state index contributed by atoms with van der Waals surface area (Å²) in [5.74, 6) is 1.03. The van der Waals surface area contributed by atoms with Crippen molar-refractivity contribution in [3.05, 3.63) is 82.9 Å². The number of fused-ring (bicyclic) bond motifs is 11. The average Bonchev–Trinajstić information content (AvgIpc) is 3.42. The minimum atomic E-state index is -0.482. The van der Waals surface area contributed by atoms with Crippen molar-refractivity contribution in [2.45, 2.75) is 31.6 Å². The molecule has 3 amide bonds. The van der Waals surface area contributed by atoms with Gasteiger partial charge in [0.25, 0.3) is 5.91 Å². The maximum absolute atomic E-state index is 13.4. The van der Waals surface area contributed by atoms with Gasteiger partial charge in [-0.3, -0.25) is 24.4 Å². The lowest BCUT2D eigenvalue weighted by atomic mass is 9.73. The van der Waals surface area contributed by atoms with Gasteiger partial charge in [0.05, 0.1) is 30.2 Å². The summed E-state index contributed by atoms with van der Waals surface area (Å²) in [5.41, 5.74) is 1.76. The number of carbonyl (C=O) groups excluding carboxylic acids is 3. The number of hydrogen-bond acceptors (Lipinski definition) is 7. The van der Waals surface area contributed by atoms with Crippen LogP contribution in [-0.2, 0) is 16.0 Å². The molecule has 4 bridgehead atoms. The Hall–Kier alpha value is -4.18. The van der Waals surface area contributed by atoms with E-state index in [1.165, 1.54) is 12.4 Å². The van der Waals surface area contributed by atoms with E-state index in [0.29, 0.717) is 80.9 Å². The van der Waals surface area contributed by atoms with Crippen molar-refractivity contribution in [3.8, 4) is 11.5 Å². The van der Waals surface area contributed by atoms with Crippen molar-refractivity contribution < 1.29 is 23.9 Å². The van der Waals surface area contributed by atoms with E-state index >= 15 is 0 Å². The number of hydrogen-bond donors (Lipinski definition) is 1. The number of para-hydroxylation sites is 1. The summed E-state index contributed by atoms with van der Waals surface area (Å²) >= 11 is 6.08. The Balaban J connectivity index is 1.23. The van der Waals surface area contributed by atoms with Gasteiger partial charge in [0.15, 0.2) is 11.5 Å². The van der Waals surface area contributed by atoms with Crippen LogP contribution in [0, 0.1) is 5.41 Å². The topological polar surface area (TPSA) is 114 Å². The van der Waals surface area contributed by atoms with E-state index in [0.717, 1.165) is 11.1 Å². The number of halogens is 1. The first kappa shape index (κ1) is 28.9. The summed E-state index contributed by atoms with van der Waals surface area (Å²) in [6, 6.07) is 11.2. The van der Waals surface area contributed by atoms with E-state index in [4.69, 9.17) is 21.1 Å². The number of benzene rings is 1. The fourth-order valence-corrected chi connectivity index (χ4v) is 6.48. The van der Waals surface area contributed by atoms with Gasteiger partial charge in [0, 0.05) is 80.8 Å². The van der Waals surface area contributed by atoms with E-state index in [1.54, 1.807) is 23.4 Å². The van der Waals surface area contributed by atoms with Gasteiger partial charge in [-0.1, -0.05) is 29.8 Å². The van der Waals surface area contributed by atoms with Crippen LogP contribution in [0.1, 0.15) is 46.7 Å². The number of likely N-dealkylation sites (tertiary alicyclic amines) is 1. The lowest BCUT2D eigenvalue weighted by molar-refractivity contribution is -0.129. The zero-order valence-electron chi connectivity index (χ0n) is 23.8. The van der Waals surface area contributed by atoms with Crippen LogP contribution < -0.4 is 14.8 Å². The van der Waals surface area contributed by atoms with Crippen molar-refractivity contribution in [2.75, 3.05) is 45.9 Å². The molecule has 4 aliphatic heterocycles. The average molecular weight is 604 g/mol. The first-order valence-electron chi connectivity index (χ1n) is 14.6. The van der Waals surface area contributed by atoms with E-state index < -0.39 is 5.41 Å². The highest BCUT2D eigenvalue weighted by Gasteiger charge is 2.53. The molecule has 1 saturated heterocycles. The van der Waals surface area contributed by atoms with Crippen LogP contribution in [0.3, 0.4) is 0 Å². The number of ether oxygens (including phenoxy) is 2. The van der Waals surface area contributed by atoms with Crippen LogP contribution in [-0.4, -0.2) is 83.4 Å². The van der Waals surface area contributed by atoms with Crippen molar-refractivity contribution in [1.82, 2.24) is 25.1 Å². The van der Waals surface area contributed by atoms with Crippen LogP contribution in [0.15, 0.2) is 61.2 Å². The third-order valence-electron chi connectivity index (χ3n) is 8.51. The molecule has 0 radical (unpaired) electrons. The molecule has 3 aromatic rings. The van der Waals surface area contributed by atoms with E-state index in [9.17, 15) is 14.4 Å². The van der Waals surface area contributed by atoms with Gasteiger partial charge in [0.2, 0.25) is 11.8 Å². The smallest absolute Gasteiger partial charge is 0.255 e. The molecule has 2 atom stereocenters. The second-order valence-electron chi connectivity index (χ2n) is 11.5. The van der Waals surface area contributed by atoms with Crippen molar-refractivity contribution in [1.29, 1.82) is 0 Å². The Morgan fingerprint density at radius 2 is 1.93 bits per heavy atom. The molecule has 0 saturated carbocycles. The maximum Gasteiger partial charge on any atom is 0.255 e. The lowest BCUT2D eigenvalue weighted by Crippen LogP contribution is -2.48. The third kappa shape index (κ3) is 6.29. The second kappa shape index (κ2) is 12.6. The van der Waals surface area contributed by atoms with Crippen LogP contribution in [0.4, 0.5) is 0 Å². The number of carbonyl (C=O) groups is 3. The number of pyridine rings is 2. The molecule has 4 aliphatic rings. The van der Waals surface area contributed by atoms with Gasteiger partial charge < -0.3 is 24.6 Å². The summed E-state index contributed by atoms with van der Waals surface area (Å²) < 4.78 is 12.6. The Labute approximate surface area is 255 Å². The number of amides is 3. The minimum Gasteiger partial charge on any atom is -0.490 e. The molecule has 1 aromatic carbocycles. The van der Waals surface area contributed by atoms with E-state index in [-0.39, 0.29) is 36.5 Å². The van der Waals surface area contributed by atoms with E-state index in [1.807, 2.05) is 35.2 Å². The predicted molar refractivity (Wildman–Crippen MR) is 159 cm³/mol. The fraction of sp³-hybridized carbons (Fsp3) is 0.406. The normalized spacial score (nSPS) is 22.3. The number of aromatic nitrogens is 2. The van der Waals surface area contributed by atoms with Crippen LogP contribution in [0.2, 0.25) is 5.02 Å². The molecule has 224 valence electrons. The van der Waals surface area contributed by atoms with Crippen LogP contribution >= 0.6 is 11.6 Å². The van der Waals surface area contributed by atoms with Gasteiger partial charge in [-0.15, -0.1) is 0 Å². The molecule has 0 unspecified atom stereocenters. The highest BCUT2D eigenvalue weighted by atomic mass is 35.5. The highest BCUT2D eigenvalue weighted by molar-refractivity contribution is 6.30. The summed E-state index contributed by atoms with van der Waals surface area (Å²) in [6.45, 7) is 2.97. The number of nitrogens with one attached hydrogen (secondary N) is 1. The van der Waals surface area contributed by atoms with Gasteiger partial charge in [-0.2, -0.15) is 0 Å². The minimum absolute atomic E-state index is 0.0209. The SMILES string of the molecule is O=C1CCCN(C(=O)c2cncc(Cl)c2)CCCOc2cccc3c2OC[C@@]2(CN1)CN(C(=O)Cc1cccnc1)C[C@@H]32. The van der Waals surface area contributed by atoms with Crippen LogP contribution in [0.25, 0.3) is 0 Å². The Morgan fingerprint density at radius 3 is 2.77 bits per heavy atom. The molecule has 0 aliphatic carbocycles. The molecule has 2 aromatic heterocycles. The maximum atomic E-state index is 13.4. The molecule has 1 spiro atoms. The molecule has 7 rings (SSSR count). The summed E-state index contributed by atoms with van der Waals surface area (Å²) in [5, 5.41) is 3.52. The van der Waals surface area contributed by atoms with Gasteiger partial charge in [-0.05, 0) is 36.6 Å². The summed E-state index contributed by atoms with van der Waals surface area (Å²) in [4.78, 5) is 51.6. The zero-order chi connectivity index (χ0) is 29.8. The monoisotopic (exact) mass is 603 g/mol. The molecule has 1 N–H and O–H groups in total.